The Morgan fingerprint density at radius 2 is 1.67 bits per heavy atom. The van der Waals surface area contributed by atoms with Crippen LogP contribution < -0.4 is 10.2 Å². The third-order valence-electron chi connectivity index (χ3n) is 6.70. The zero-order chi connectivity index (χ0) is 23.0. The zero-order valence-electron chi connectivity index (χ0n) is 18.6. The van der Waals surface area contributed by atoms with Crippen molar-refractivity contribution in [2.45, 2.75) is 30.2 Å². The third-order valence-corrected chi connectivity index (χ3v) is 8.60. The molecule has 1 saturated carbocycles. The average Bonchev–Trinajstić information content (AvgIpc) is 3.61. The highest BCUT2D eigenvalue weighted by atomic mass is 32.2. The maximum absolute atomic E-state index is 13.2. The lowest BCUT2D eigenvalue weighted by Crippen LogP contribution is -2.40. The molecule has 5 rings (SSSR count). The number of carbonyl (C=O) groups is 2. The van der Waals surface area contributed by atoms with Gasteiger partial charge in [0.1, 0.15) is 0 Å². The van der Waals surface area contributed by atoms with Gasteiger partial charge < -0.3 is 24.6 Å². The van der Waals surface area contributed by atoms with Crippen molar-refractivity contribution in [1.82, 2.24) is 9.21 Å². The largest absolute Gasteiger partial charge is 0.379 e. The van der Waals surface area contributed by atoms with E-state index in [1.165, 1.54) is 4.31 Å². The summed E-state index contributed by atoms with van der Waals surface area (Å²) in [6.45, 7) is 4.18. The van der Waals surface area contributed by atoms with Crippen LogP contribution in [0.5, 0.6) is 0 Å². The van der Waals surface area contributed by atoms with Gasteiger partial charge in [0, 0.05) is 45.2 Å². The van der Waals surface area contributed by atoms with Crippen molar-refractivity contribution < 1.29 is 27.5 Å². The van der Waals surface area contributed by atoms with E-state index >= 15 is 0 Å². The number of benzene rings is 1. The van der Waals surface area contributed by atoms with E-state index < -0.39 is 15.9 Å². The molecule has 3 aliphatic heterocycles. The van der Waals surface area contributed by atoms with Gasteiger partial charge in [0.05, 0.1) is 48.6 Å². The Bertz CT molecular complexity index is 1020. The normalized spacial score (nSPS) is 24.8. The first-order valence-electron chi connectivity index (χ1n) is 11.6. The van der Waals surface area contributed by atoms with Crippen molar-refractivity contribution in [2.75, 3.05) is 69.4 Å². The van der Waals surface area contributed by atoms with Crippen LogP contribution in [0.3, 0.4) is 0 Å². The number of hydrogen-bond acceptors (Lipinski definition) is 7. The molecule has 10 nitrogen and oxygen atoms in total. The first-order valence-corrected chi connectivity index (χ1v) is 13.0. The second-order valence-electron chi connectivity index (χ2n) is 8.96. The third kappa shape index (κ3) is 4.72. The number of hydrogen-bond donors (Lipinski definition) is 1. The Morgan fingerprint density at radius 3 is 2.33 bits per heavy atom. The molecule has 1 atom stereocenters. The summed E-state index contributed by atoms with van der Waals surface area (Å²) in [5.41, 5.74) is 1.21. The van der Waals surface area contributed by atoms with Gasteiger partial charge in [-0.15, -0.1) is 0 Å². The van der Waals surface area contributed by atoms with Crippen molar-refractivity contribution in [3.8, 4) is 0 Å². The predicted molar refractivity (Wildman–Crippen MR) is 121 cm³/mol. The number of nitrogens with zero attached hydrogens (tertiary/aromatic N) is 3. The molecule has 4 aliphatic rings. The average molecular weight is 479 g/mol. The highest BCUT2D eigenvalue weighted by molar-refractivity contribution is 7.89. The fourth-order valence-corrected chi connectivity index (χ4v) is 6.11. The van der Waals surface area contributed by atoms with Gasteiger partial charge in [-0.1, -0.05) is 0 Å². The van der Waals surface area contributed by atoms with Crippen LogP contribution in [0.1, 0.15) is 19.3 Å². The minimum Gasteiger partial charge on any atom is -0.379 e. The fraction of sp³-hybridized carbons (Fsp3) is 0.636. The molecule has 0 aromatic heterocycles. The Hall–Kier alpha value is -2.21. The molecule has 3 saturated heterocycles. The maximum Gasteiger partial charge on any atom is 0.243 e. The van der Waals surface area contributed by atoms with Crippen molar-refractivity contribution in [3.05, 3.63) is 18.2 Å². The topological polar surface area (TPSA) is 108 Å². The molecule has 4 fully saturated rings. The zero-order valence-corrected chi connectivity index (χ0v) is 19.4. The van der Waals surface area contributed by atoms with Crippen LogP contribution in [0.4, 0.5) is 11.4 Å². The lowest BCUT2D eigenvalue weighted by molar-refractivity contribution is -0.128. The van der Waals surface area contributed by atoms with Crippen molar-refractivity contribution in [1.29, 1.82) is 0 Å². The van der Waals surface area contributed by atoms with Crippen molar-refractivity contribution in [2.24, 2.45) is 5.92 Å². The SMILES string of the molecule is O=C(Nc1cc(S(=O)(=O)N2CCOCC2)ccc1N1CCOCC1)C1CC(=O)N(C2CC2)C1. The van der Waals surface area contributed by atoms with E-state index in [2.05, 4.69) is 10.2 Å². The van der Waals surface area contributed by atoms with Crippen LogP contribution in [0.2, 0.25) is 0 Å². The first-order chi connectivity index (χ1) is 15.9. The number of sulfonamides is 1. The number of rotatable bonds is 6. The Morgan fingerprint density at radius 1 is 1.00 bits per heavy atom. The summed E-state index contributed by atoms with van der Waals surface area (Å²) in [5.74, 6) is -0.660. The van der Waals surface area contributed by atoms with E-state index in [1.807, 2.05) is 4.90 Å². The van der Waals surface area contributed by atoms with E-state index in [0.717, 1.165) is 18.5 Å². The summed E-state index contributed by atoms with van der Waals surface area (Å²) in [6.07, 6.45) is 2.20. The molecule has 1 aromatic rings. The number of morpholine rings is 2. The molecule has 33 heavy (non-hydrogen) atoms. The molecule has 0 radical (unpaired) electrons. The van der Waals surface area contributed by atoms with Crippen LogP contribution in [-0.2, 0) is 29.1 Å². The lowest BCUT2D eigenvalue weighted by Gasteiger charge is -2.31. The van der Waals surface area contributed by atoms with E-state index in [0.29, 0.717) is 64.8 Å². The second-order valence-corrected chi connectivity index (χ2v) is 10.9. The van der Waals surface area contributed by atoms with Gasteiger partial charge in [-0.2, -0.15) is 4.31 Å². The Labute approximate surface area is 193 Å². The molecule has 1 aliphatic carbocycles. The monoisotopic (exact) mass is 478 g/mol. The number of likely N-dealkylation sites (tertiary alicyclic amines) is 1. The second kappa shape index (κ2) is 9.21. The first kappa shape index (κ1) is 22.6. The van der Waals surface area contributed by atoms with Gasteiger partial charge in [-0.3, -0.25) is 9.59 Å². The molecule has 180 valence electrons. The molecular formula is C22H30N4O6S. The predicted octanol–water partition coefficient (Wildman–Crippen LogP) is 0.494. The minimum atomic E-state index is -3.71. The number of ether oxygens (including phenoxy) is 2. The quantitative estimate of drug-likeness (QED) is 0.634. The van der Waals surface area contributed by atoms with E-state index in [1.54, 1.807) is 18.2 Å². The summed E-state index contributed by atoms with van der Waals surface area (Å²) < 4.78 is 38.6. The van der Waals surface area contributed by atoms with Gasteiger partial charge in [0.15, 0.2) is 0 Å². The number of amides is 2. The number of anilines is 2. The van der Waals surface area contributed by atoms with Crippen LogP contribution in [-0.4, -0.2) is 94.6 Å². The minimum absolute atomic E-state index is 0.0229. The molecule has 3 heterocycles. The van der Waals surface area contributed by atoms with Gasteiger partial charge in [-0.05, 0) is 31.0 Å². The lowest BCUT2D eigenvalue weighted by atomic mass is 10.1. The summed E-state index contributed by atoms with van der Waals surface area (Å²) in [4.78, 5) is 29.5. The molecule has 0 bridgehead atoms. The van der Waals surface area contributed by atoms with Crippen LogP contribution in [0.15, 0.2) is 23.1 Å². The van der Waals surface area contributed by atoms with Crippen LogP contribution in [0.25, 0.3) is 0 Å². The fourth-order valence-electron chi connectivity index (χ4n) is 4.67. The van der Waals surface area contributed by atoms with Gasteiger partial charge in [-0.25, -0.2) is 8.42 Å². The van der Waals surface area contributed by atoms with E-state index in [9.17, 15) is 18.0 Å². The summed E-state index contributed by atoms with van der Waals surface area (Å²) in [7, 11) is -3.71. The smallest absolute Gasteiger partial charge is 0.243 e. The van der Waals surface area contributed by atoms with Crippen LogP contribution in [0, 0.1) is 5.92 Å². The standard InChI is InChI=1S/C22H30N4O6S/c27-21-13-16(15-26(21)17-1-2-17)22(28)23-19-14-18(33(29,30)25-7-11-32-12-8-25)3-4-20(19)24-5-9-31-10-6-24/h3-4,14,16-17H,1-2,5-13,15H2,(H,23,28). The Balaban J connectivity index is 1.41. The summed E-state index contributed by atoms with van der Waals surface area (Å²) in [6, 6.07) is 5.17. The van der Waals surface area contributed by atoms with E-state index in [4.69, 9.17) is 9.47 Å². The molecule has 1 unspecified atom stereocenters. The molecular weight excluding hydrogens is 448 g/mol. The van der Waals surface area contributed by atoms with Gasteiger partial charge in [0.25, 0.3) is 0 Å². The number of carbonyl (C=O) groups excluding carboxylic acids is 2. The number of nitrogens with one attached hydrogen (secondary N) is 1. The van der Waals surface area contributed by atoms with Gasteiger partial charge >= 0.3 is 0 Å². The summed E-state index contributed by atoms with van der Waals surface area (Å²) in [5, 5.41) is 2.96. The van der Waals surface area contributed by atoms with Crippen molar-refractivity contribution >= 4 is 33.2 Å². The van der Waals surface area contributed by atoms with Crippen LogP contribution >= 0.6 is 0 Å². The Kier molecular flexibility index (Phi) is 6.30. The molecule has 2 amide bonds. The maximum atomic E-state index is 13.2. The highest BCUT2D eigenvalue weighted by Gasteiger charge is 2.42. The molecule has 11 heteroatoms. The molecule has 1 aromatic carbocycles. The summed E-state index contributed by atoms with van der Waals surface area (Å²) >= 11 is 0. The highest BCUT2D eigenvalue weighted by Crippen LogP contribution is 2.35. The van der Waals surface area contributed by atoms with E-state index in [-0.39, 0.29) is 29.2 Å². The van der Waals surface area contributed by atoms with Gasteiger partial charge in [0.2, 0.25) is 21.8 Å². The molecule has 0 spiro atoms. The molecule has 1 N–H and O–H groups in total. The van der Waals surface area contributed by atoms with Crippen molar-refractivity contribution in [3.63, 3.8) is 0 Å².